The van der Waals surface area contributed by atoms with Gasteiger partial charge in [-0.3, -0.25) is 0 Å². The van der Waals surface area contributed by atoms with Gasteiger partial charge in [-0.2, -0.15) is 0 Å². The predicted molar refractivity (Wildman–Crippen MR) is 54.7 cm³/mol. The topological polar surface area (TPSA) is 9.23 Å². The number of para-hydroxylation sites is 1. The molecule has 0 saturated heterocycles. The maximum Gasteiger partial charge on any atom is 0.123 e. The van der Waals surface area contributed by atoms with Crippen LogP contribution in [0.25, 0.3) is 0 Å². The summed E-state index contributed by atoms with van der Waals surface area (Å²) < 4.78 is 5.60. The summed E-state index contributed by atoms with van der Waals surface area (Å²) in [4.78, 5) is 0. The minimum Gasteiger partial charge on any atom is -0.491 e. The molecule has 0 aliphatic rings. The zero-order valence-corrected chi connectivity index (χ0v) is 8.08. The molecule has 1 aromatic rings. The van der Waals surface area contributed by atoms with Crippen LogP contribution in [-0.2, 0) is 6.42 Å². The first-order valence-corrected chi connectivity index (χ1v) is 4.42. The Morgan fingerprint density at radius 1 is 1.38 bits per heavy atom. The molecule has 0 bridgehead atoms. The van der Waals surface area contributed by atoms with Crippen molar-refractivity contribution in [3.8, 4) is 18.1 Å². The van der Waals surface area contributed by atoms with Crippen LogP contribution in [0.3, 0.4) is 0 Å². The van der Waals surface area contributed by atoms with E-state index in [-0.39, 0.29) is 6.10 Å². The molecule has 1 rings (SSSR count). The second-order valence-corrected chi connectivity index (χ2v) is 3.16. The molecule has 0 aromatic heterocycles. The maximum atomic E-state index is 5.60. The van der Waals surface area contributed by atoms with Crippen molar-refractivity contribution in [3.05, 3.63) is 29.8 Å². The number of ether oxygens (including phenoxy) is 1. The van der Waals surface area contributed by atoms with Gasteiger partial charge in [0, 0.05) is 12.0 Å². The van der Waals surface area contributed by atoms with Crippen molar-refractivity contribution in [1.29, 1.82) is 0 Å². The van der Waals surface area contributed by atoms with Gasteiger partial charge in [0.1, 0.15) is 5.75 Å². The summed E-state index contributed by atoms with van der Waals surface area (Å²) in [7, 11) is 0. The summed E-state index contributed by atoms with van der Waals surface area (Å²) in [5.41, 5.74) is 1.08. The second kappa shape index (κ2) is 4.57. The van der Waals surface area contributed by atoms with Crippen LogP contribution in [0.5, 0.6) is 5.75 Å². The molecule has 0 fully saturated rings. The van der Waals surface area contributed by atoms with E-state index in [0.717, 1.165) is 11.3 Å². The van der Waals surface area contributed by atoms with Crippen molar-refractivity contribution in [2.24, 2.45) is 0 Å². The smallest absolute Gasteiger partial charge is 0.123 e. The quantitative estimate of drug-likeness (QED) is 0.640. The largest absolute Gasteiger partial charge is 0.491 e. The zero-order chi connectivity index (χ0) is 9.68. The number of benzene rings is 1. The molecular weight excluding hydrogens is 160 g/mol. The van der Waals surface area contributed by atoms with Gasteiger partial charge in [-0.15, -0.1) is 12.3 Å². The van der Waals surface area contributed by atoms with Gasteiger partial charge >= 0.3 is 0 Å². The van der Waals surface area contributed by atoms with Crippen molar-refractivity contribution in [1.82, 2.24) is 0 Å². The van der Waals surface area contributed by atoms with Gasteiger partial charge < -0.3 is 4.74 Å². The minimum absolute atomic E-state index is 0.193. The van der Waals surface area contributed by atoms with Crippen LogP contribution in [0.1, 0.15) is 19.4 Å². The Kier molecular flexibility index (Phi) is 3.40. The summed E-state index contributed by atoms with van der Waals surface area (Å²) in [5.74, 6) is 3.52. The monoisotopic (exact) mass is 174 g/mol. The Morgan fingerprint density at radius 2 is 2.08 bits per heavy atom. The van der Waals surface area contributed by atoms with Gasteiger partial charge in [-0.1, -0.05) is 18.2 Å². The number of terminal acetylenes is 1. The Bertz CT molecular complexity index is 307. The summed E-state index contributed by atoms with van der Waals surface area (Å²) in [6, 6.07) is 7.88. The van der Waals surface area contributed by atoms with E-state index in [0.29, 0.717) is 6.42 Å². The lowest BCUT2D eigenvalue weighted by Gasteiger charge is -2.12. The third-order valence-corrected chi connectivity index (χ3v) is 1.63. The summed E-state index contributed by atoms with van der Waals surface area (Å²) in [6.07, 6.45) is 6.08. The number of rotatable bonds is 3. The molecule has 1 heteroatoms. The first kappa shape index (κ1) is 9.67. The molecule has 0 unspecified atom stereocenters. The van der Waals surface area contributed by atoms with E-state index in [1.54, 1.807) is 0 Å². The molecule has 68 valence electrons. The van der Waals surface area contributed by atoms with Crippen molar-refractivity contribution < 1.29 is 4.74 Å². The molecule has 0 aliphatic heterocycles. The van der Waals surface area contributed by atoms with Crippen LogP contribution >= 0.6 is 0 Å². The number of hydrogen-bond donors (Lipinski definition) is 0. The van der Waals surface area contributed by atoms with Crippen LogP contribution in [0.4, 0.5) is 0 Å². The van der Waals surface area contributed by atoms with Crippen LogP contribution in [0, 0.1) is 12.3 Å². The Morgan fingerprint density at radius 3 is 2.69 bits per heavy atom. The lowest BCUT2D eigenvalue weighted by molar-refractivity contribution is 0.240. The van der Waals surface area contributed by atoms with Gasteiger partial charge in [0.25, 0.3) is 0 Å². The Labute approximate surface area is 79.7 Å². The third-order valence-electron chi connectivity index (χ3n) is 1.63. The third kappa shape index (κ3) is 2.83. The van der Waals surface area contributed by atoms with E-state index >= 15 is 0 Å². The normalized spacial score (nSPS) is 9.69. The van der Waals surface area contributed by atoms with E-state index in [4.69, 9.17) is 11.2 Å². The van der Waals surface area contributed by atoms with Gasteiger partial charge in [0.05, 0.1) is 6.10 Å². The van der Waals surface area contributed by atoms with Crippen molar-refractivity contribution in [3.63, 3.8) is 0 Å². The van der Waals surface area contributed by atoms with Gasteiger partial charge in [0.2, 0.25) is 0 Å². The first-order chi connectivity index (χ1) is 6.24. The van der Waals surface area contributed by atoms with Crippen molar-refractivity contribution in [2.75, 3.05) is 0 Å². The van der Waals surface area contributed by atoms with Crippen LogP contribution in [0.2, 0.25) is 0 Å². The minimum atomic E-state index is 0.193. The zero-order valence-electron chi connectivity index (χ0n) is 8.08. The predicted octanol–water partition coefficient (Wildman–Crippen LogP) is 2.65. The van der Waals surface area contributed by atoms with Crippen LogP contribution < -0.4 is 4.74 Å². The van der Waals surface area contributed by atoms with E-state index in [1.165, 1.54) is 0 Å². The van der Waals surface area contributed by atoms with Crippen LogP contribution in [0.15, 0.2) is 24.3 Å². The fourth-order valence-electron chi connectivity index (χ4n) is 1.13. The molecule has 1 nitrogen and oxygen atoms in total. The fraction of sp³-hybridized carbons (Fsp3) is 0.333. The Hall–Kier alpha value is -1.42. The highest BCUT2D eigenvalue weighted by Crippen LogP contribution is 2.19. The lowest BCUT2D eigenvalue weighted by atomic mass is 10.1. The molecular formula is C12H14O. The second-order valence-electron chi connectivity index (χ2n) is 3.16. The SMILES string of the molecule is C#CCc1ccccc1OC(C)C. The van der Waals surface area contributed by atoms with E-state index < -0.39 is 0 Å². The van der Waals surface area contributed by atoms with Crippen molar-refractivity contribution in [2.45, 2.75) is 26.4 Å². The van der Waals surface area contributed by atoms with Crippen molar-refractivity contribution >= 4 is 0 Å². The summed E-state index contributed by atoms with van der Waals surface area (Å²) in [5, 5.41) is 0. The van der Waals surface area contributed by atoms with Gasteiger partial charge in [0.15, 0.2) is 0 Å². The van der Waals surface area contributed by atoms with Crippen LogP contribution in [-0.4, -0.2) is 6.10 Å². The lowest BCUT2D eigenvalue weighted by Crippen LogP contribution is -2.07. The molecule has 0 aliphatic carbocycles. The highest BCUT2D eigenvalue weighted by Gasteiger charge is 2.02. The molecule has 0 heterocycles. The highest BCUT2D eigenvalue weighted by molar-refractivity contribution is 5.35. The first-order valence-electron chi connectivity index (χ1n) is 4.42. The molecule has 0 atom stereocenters. The molecule has 0 amide bonds. The summed E-state index contributed by atoms with van der Waals surface area (Å²) in [6.45, 7) is 4.01. The summed E-state index contributed by atoms with van der Waals surface area (Å²) >= 11 is 0. The van der Waals surface area contributed by atoms with E-state index in [2.05, 4.69) is 5.92 Å². The molecule has 0 N–H and O–H groups in total. The number of hydrogen-bond acceptors (Lipinski definition) is 1. The van der Waals surface area contributed by atoms with Gasteiger partial charge in [-0.05, 0) is 19.9 Å². The van der Waals surface area contributed by atoms with E-state index in [1.807, 2.05) is 38.1 Å². The highest BCUT2D eigenvalue weighted by atomic mass is 16.5. The molecule has 0 spiro atoms. The average Bonchev–Trinajstić information content (AvgIpc) is 2.08. The Balaban J connectivity index is 2.85. The molecule has 0 saturated carbocycles. The van der Waals surface area contributed by atoms with E-state index in [9.17, 15) is 0 Å². The molecule has 1 aromatic carbocycles. The average molecular weight is 174 g/mol. The molecule has 0 radical (unpaired) electrons. The van der Waals surface area contributed by atoms with Gasteiger partial charge in [-0.25, -0.2) is 0 Å². The maximum absolute atomic E-state index is 5.60. The fourth-order valence-corrected chi connectivity index (χ4v) is 1.13. The standard InChI is InChI=1S/C12H14O/c1-4-7-11-8-5-6-9-12(11)13-10(2)3/h1,5-6,8-10H,7H2,2-3H3. The molecule has 13 heavy (non-hydrogen) atoms.